The molecule has 342 valence electrons. The monoisotopic (exact) mass is 928 g/mol. The number of anilines is 6. The Morgan fingerprint density at radius 1 is 0.219 bits per heavy atom. The van der Waals surface area contributed by atoms with Crippen LogP contribution in [0.4, 0.5) is 34.1 Å². The predicted molar refractivity (Wildman–Crippen MR) is 306 cm³/mol. The summed E-state index contributed by atoms with van der Waals surface area (Å²) in [5, 5.41) is 2.48. The molecule has 2 heteroatoms. The molecule has 2 nitrogen and oxygen atoms in total. The largest absolute Gasteiger partial charge is 0.311 e. The Bertz CT molecular complexity index is 3930. The lowest BCUT2D eigenvalue weighted by molar-refractivity contribution is 0.794. The molecule has 0 atom stereocenters. The zero-order chi connectivity index (χ0) is 48.3. The molecule has 2 aliphatic rings. The van der Waals surface area contributed by atoms with Crippen LogP contribution < -0.4 is 9.80 Å². The molecule has 0 heterocycles. The summed E-state index contributed by atoms with van der Waals surface area (Å²) in [4.78, 5) is 4.78. The summed E-state index contributed by atoms with van der Waals surface area (Å²) < 4.78 is 0. The Kier molecular flexibility index (Phi) is 10.1. The van der Waals surface area contributed by atoms with Gasteiger partial charge in [0.1, 0.15) is 0 Å². The van der Waals surface area contributed by atoms with Gasteiger partial charge in [-0.15, -0.1) is 0 Å². The fourth-order valence-corrected chi connectivity index (χ4v) is 12.0. The van der Waals surface area contributed by atoms with E-state index in [1.807, 2.05) is 0 Å². The van der Waals surface area contributed by atoms with Gasteiger partial charge in [0.25, 0.3) is 0 Å². The highest BCUT2D eigenvalue weighted by Gasteiger charge is 2.52. The average molecular weight is 929 g/mol. The second kappa shape index (κ2) is 17.4. The van der Waals surface area contributed by atoms with E-state index in [2.05, 4.69) is 301 Å². The number of fused-ring (bicyclic) bond motifs is 12. The molecule has 0 saturated heterocycles. The van der Waals surface area contributed by atoms with Crippen LogP contribution in [0.1, 0.15) is 22.3 Å². The van der Waals surface area contributed by atoms with Gasteiger partial charge >= 0.3 is 0 Å². The summed E-state index contributed by atoms with van der Waals surface area (Å²) in [6, 6.07) is 107. The van der Waals surface area contributed by atoms with Crippen molar-refractivity contribution in [2.45, 2.75) is 5.41 Å². The van der Waals surface area contributed by atoms with Crippen LogP contribution in [0.2, 0.25) is 0 Å². The number of benzene rings is 12. The molecular formula is C71H48N2. The van der Waals surface area contributed by atoms with Gasteiger partial charge in [-0.2, -0.15) is 0 Å². The molecule has 0 aromatic heterocycles. The van der Waals surface area contributed by atoms with E-state index >= 15 is 0 Å². The van der Waals surface area contributed by atoms with Crippen LogP contribution in [0.5, 0.6) is 0 Å². The Morgan fingerprint density at radius 3 is 1.01 bits per heavy atom. The smallest absolute Gasteiger partial charge is 0.0726 e. The number of rotatable bonds is 9. The zero-order valence-electron chi connectivity index (χ0n) is 40.1. The van der Waals surface area contributed by atoms with E-state index in [0.717, 1.165) is 34.1 Å². The third-order valence-electron chi connectivity index (χ3n) is 15.3. The van der Waals surface area contributed by atoms with Crippen LogP contribution in [-0.2, 0) is 5.41 Å². The van der Waals surface area contributed by atoms with Crippen molar-refractivity contribution in [3.05, 3.63) is 313 Å². The van der Waals surface area contributed by atoms with Gasteiger partial charge < -0.3 is 9.80 Å². The van der Waals surface area contributed by atoms with Crippen LogP contribution in [0, 0.1) is 0 Å². The van der Waals surface area contributed by atoms with Crippen molar-refractivity contribution in [3.63, 3.8) is 0 Å². The van der Waals surface area contributed by atoms with Gasteiger partial charge in [-0.25, -0.2) is 0 Å². The first-order chi connectivity index (χ1) is 36.2. The van der Waals surface area contributed by atoms with E-state index in [1.54, 1.807) is 0 Å². The molecule has 12 aromatic carbocycles. The van der Waals surface area contributed by atoms with Gasteiger partial charge in [0.05, 0.1) is 11.1 Å². The van der Waals surface area contributed by atoms with Gasteiger partial charge in [0.2, 0.25) is 0 Å². The van der Waals surface area contributed by atoms with Crippen molar-refractivity contribution in [1.82, 2.24) is 0 Å². The highest BCUT2D eigenvalue weighted by Crippen LogP contribution is 2.64. The third-order valence-corrected chi connectivity index (χ3v) is 15.3. The van der Waals surface area contributed by atoms with Crippen molar-refractivity contribution in [1.29, 1.82) is 0 Å². The average Bonchev–Trinajstić information content (AvgIpc) is 3.94. The maximum atomic E-state index is 2.52. The normalized spacial score (nSPS) is 12.5. The molecule has 14 rings (SSSR count). The molecule has 0 unspecified atom stereocenters. The standard InChI is InChI=1S/C71H48N2/c1-4-18-49(19-5-1)52-36-42-57(43-37-52)72(55-20-6-2-7-21-55)58-44-38-53(39-45-58)50-32-34-51(35-33-50)54-40-46-59(47-41-54)73(56-22-8-3-9-23-56)69-48-68-70(63-27-11-10-26-62(63)69)64-28-14-17-31-67(64)71(68)65-29-15-12-24-60(65)61-25-13-16-30-66(61)71/h1-48H. The topological polar surface area (TPSA) is 6.48 Å². The SMILES string of the molecule is c1ccc(-c2ccc(N(c3ccccc3)c3ccc(-c4ccc(-c5ccc(N(c6ccccc6)c6cc7c(c8ccccc68)-c6ccccc6C76c7ccccc7-c7ccccc76)cc5)cc4)cc3)cc2)cc1. The van der Waals surface area contributed by atoms with E-state index < -0.39 is 5.41 Å². The lowest BCUT2D eigenvalue weighted by Gasteiger charge is -2.33. The molecule has 73 heavy (non-hydrogen) atoms. The zero-order valence-corrected chi connectivity index (χ0v) is 40.1. The highest BCUT2D eigenvalue weighted by molar-refractivity contribution is 6.12. The molecule has 0 aliphatic heterocycles. The molecule has 12 aromatic rings. The van der Waals surface area contributed by atoms with Crippen molar-refractivity contribution in [2.75, 3.05) is 9.80 Å². The minimum Gasteiger partial charge on any atom is -0.311 e. The summed E-state index contributed by atoms with van der Waals surface area (Å²) in [5.41, 5.74) is 24.0. The minimum absolute atomic E-state index is 0.462. The van der Waals surface area contributed by atoms with Crippen LogP contribution in [-0.4, -0.2) is 0 Å². The summed E-state index contributed by atoms with van der Waals surface area (Å²) in [7, 11) is 0. The maximum Gasteiger partial charge on any atom is 0.0726 e. The summed E-state index contributed by atoms with van der Waals surface area (Å²) in [6.07, 6.45) is 0. The van der Waals surface area contributed by atoms with Gasteiger partial charge in [0.15, 0.2) is 0 Å². The van der Waals surface area contributed by atoms with Crippen molar-refractivity contribution in [3.8, 4) is 55.6 Å². The fraction of sp³-hybridized carbons (Fsp3) is 0.0141. The molecule has 0 fully saturated rings. The summed E-state index contributed by atoms with van der Waals surface area (Å²) in [5.74, 6) is 0. The van der Waals surface area contributed by atoms with Crippen molar-refractivity contribution >= 4 is 44.9 Å². The van der Waals surface area contributed by atoms with Crippen LogP contribution in [0.15, 0.2) is 291 Å². The molecule has 2 aliphatic carbocycles. The molecule has 0 bridgehead atoms. The van der Waals surface area contributed by atoms with Crippen molar-refractivity contribution < 1.29 is 0 Å². The first kappa shape index (κ1) is 42.4. The van der Waals surface area contributed by atoms with Gasteiger partial charge in [-0.3, -0.25) is 0 Å². The molecule has 0 N–H and O–H groups in total. The Morgan fingerprint density at radius 2 is 0.534 bits per heavy atom. The van der Waals surface area contributed by atoms with Crippen molar-refractivity contribution in [2.24, 2.45) is 0 Å². The van der Waals surface area contributed by atoms with E-state index in [0.29, 0.717) is 0 Å². The Labute approximate surface area is 427 Å². The van der Waals surface area contributed by atoms with Gasteiger partial charge in [0, 0.05) is 33.8 Å². The second-order valence-corrected chi connectivity index (χ2v) is 19.2. The second-order valence-electron chi connectivity index (χ2n) is 19.2. The van der Waals surface area contributed by atoms with Crippen LogP contribution in [0.25, 0.3) is 66.4 Å². The van der Waals surface area contributed by atoms with E-state index in [4.69, 9.17) is 0 Å². The van der Waals surface area contributed by atoms with Crippen LogP contribution >= 0.6 is 0 Å². The molecule has 0 amide bonds. The number of para-hydroxylation sites is 2. The van der Waals surface area contributed by atoms with Gasteiger partial charge in [-0.05, 0) is 150 Å². The number of nitrogens with zero attached hydrogens (tertiary/aromatic N) is 2. The van der Waals surface area contributed by atoms with E-state index in [9.17, 15) is 0 Å². The quantitative estimate of drug-likeness (QED) is 0.142. The first-order valence-electron chi connectivity index (χ1n) is 25.2. The lowest BCUT2D eigenvalue weighted by atomic mass is 9.70. The first-order valence-corrected chi connectivity index (χ1v) is 25.2. The fourth-order valence-electron chi connectivity index (χ4n) is 12.0. The highest BCUT2D eigenvalue weighted by atomic mass is 15.1. The van der Waals surface area contributed by atoms with Gasteiger partial charge in [-0.1, -0.05) is 224 Å². The van der Waals surface area contributed by atoms with Crippen LogP contribution in [0.3, 0.4) is 0 Å². The predicted octanol–water partition coefficient (Wildman–Crippen LogP) is 19.1. The van der Waals surface area contributed by atoms with E-state index in [1.165, 1.54) is 88.7 Å². The Balaban J connectivity index is 0.812. The molecule has 0 saturated carbocycles. The molecular weight excluding hydrogens is 881 g/mol. The van der Waals surface area contributed by atoms with E-state index in [-0.39, 0.29) is 0 Å². The minimum atomic E-state index is -0.462. The maximum absolute atomic E-state index is 2.52. The Hall–Kier alpha value is -9.50. The summed E-state index contributed by atoms with van der Waals surface area (Å²) in [6.45, 7) is 0. The molecule has 0 radical (unpaired) electrons. The number of hydrogen-bond acceptors (Lipinski definition) is 2. The lowest BCUT2D eigenvalue weighted by Crippen LogP contribution is -2.26. The number of hydrogen-bond donors (Lipinski definition) is 0. The molecule has 1 spiro atoms. The third kappa shape index (κ3) is 6.87. The summed E-state index contributed by atoms with van der Waals surface area (Å²) >= 11 is 0.